The predicted octanol–water partition coefficient (Wildman–Crippen LogP) is 5.00. The quantitative estimate of drug-likeness (QED) is 0.656. The Morgan fingerprint density at radius 2 is 1.77 bits per heavy atom. The number of benzene rings is 2. The molecule has 22 heavy (non-hydrogen) atoms. The number of anilines is 1. The first-order chi connectivity index (χ1) is 10.5. The summed E-state index contributed by atoms with van der Waals surface area (Å²) >= 11 is 3.48. The zero-order valence-corrected chi connectivity index (χ0v) is 13.8. The van der Waals surface area contributed by atoms with Crippen LogP contribution in [0.1, 0.15) is 11.3 Å². The normalized spacial score (nSPS) is 10.9. The zero-order valence-electron chi connectivity index (χ0n) is 12.2. The molecular formula is C18H16BrFN2. The summed E-state index contributed by atoms with van der Waals surface area (Å²) in [5.41, 5.74) is 11.1. The van der Waals surface area contributed by atoms with Crippen molar-refractivity contribution in [2.75, 3.05) is 5.73 Å². The first kappa shape index (κ1) is 14.9. The zero-order chi connectivity index (χ0) is 15.7. The lowest BCUT2D eigenvalue weighted by Crippen LogP contribution is -2.03. The van der Waals surface area contributed by atoms with Crippen LogP contribution in [0, 0.1) is 12.7 Å². The molecule has 0 unspecified atom stereocenters. The molecule has 3 rings (SSSR count). The van der Waals surface area contributed by atoms with Gasteiger partial charge >= 0.3 is 0 Å². The summed E-state index contributed by atoms with van der Waals surface area (Å²) in [6, 6.07) is 14.5. The highest BCUT2D eigenvalue weighted by atomic mass is 79.9. The van der Waals surface area contributed by atoms with Crippen molar-refractivity contribution in [3.63, 3.8) is 0 Å². The van der Waals surface area contributed by atoms with E-state index in [0.29, 0.717) is 6.54 Å². The van der Waals surface area contributed by atoms with Gasteiger partial charge in [-0.2, -0.15) is 0 Å². The maximum absolute atomic E-state index is 13.0. The largest absolute Gasteiger partial charge is 0.398 e. The average Bonchev–Trinajstić information content (AvgIpc) is 2.85. The molecule has 0 saturated heterocycles. The van der Waals surface area contributed by atoms with Crippen LogP contribution in [0.25, 0.3) is 11.1 Å². The minimum Gasteiger partial charge on any atom is -0.398 e. The third kappa shape index (κ3) is 3.07. The van der Waals surface area contributed by atoms with Crippen molar-refractivity contribution in [3.8, 4) is 11.1 Å². The van der Waals surface area contributed by atoms with Gasteiger partial charge in [0.25, 0.3) is 0 Å². The number of hydrogen-bond acceptors (Lipinski definition) is 1. The molecule has 0 aliphatic carbocycles. The van der Waals surface area contributed by atoms with E-state index in [1.807, 2.05) is 18.2 Å². The minimum atomic E-state index is -0.221. The maximum atomic E-state index is 13.0. The number of aromatic nitrogens is 1. The summed E-state index contributed by atoms with van der Waals surface area (Å²) in [6.07, 6.45) is 2.07. The Bertz CT molecular complexity index is 806. The first-order valence-corrected chi connectivity index (χ1v) is 7.79. The second-order valence-electron chi connectivity index (χ2n) is 5.35. The second-order valence-corrected chi connectivity index (χ2v) is 6.26. The van der Waals surface area contributed by atoms with Gasteiger partial charge in [-0.1, -0.05) is 28.1 Å². The smallest absolute Gasteiger partial charge is 0.123 e. The van der Waals surface area contributed by atoms with Crippen LogP contribution in [-0.4, -0.2) is 4.57 Å². The van der Waals surface area contributed by atoms with E-state index in [9.17, 15) is 4.39 Å². The summed E-state index contributed by atoms with van der Waals surface area (Å²) in [4.78, 5) is 0. The molecule has 0 saturated carbocycles. The molecule has 112 valence electrons. The van der Waals surface area contributed by atoms with Crippen LogP contribution in [0.4, 0.5) is 10.1 Å². The fraction of sp³-hybridized carbons (Fsp3) is 0.111. The Morgan fingerprint density at radius 3 is 2.50 bits per heavy atom. The van der Waals surface area contributed by atoms with Gasteiger partial charge in [0, 0.05) is 28.6 Å². The van der Waals surface area contributed by atoms with Gasteiger partial charge in [0.15, 0.2) is 0 Å². The van der Waals surface area contributed by atoms with Crippen LogP contribution in [0.5, 0.6) is 0 Å². The second kappa shape index (κ2) is 5.97. The van der Waals surface area contributed by atoms with Crippen LogP contribution in [-0.2, 0) is 6.54 Å². The topological polar surface area (TPSA) is 30.9 Å². The van der Waals surface area contributed by atoms with Crippen molar-refractivity contribution in [3.05, 3.63) is 76.3 Å². The van der Waals surface area contributed by atoms with Crippen molar-refractivity contribution >= 4 is 21.6 Å². The summed E-state index contributed by atoms with van der Waals surface area (Å²) in [7, 11) is 0. The van der Waals surface area contributed by atoms with Gasteiger partial charge in [0.1, 0.15) is 5.82 Å². The maximum Gasteiger partial charge on any atom is 0.123 e. The van der Waals surface area contributed by atoms with Crippen LogP contribution < -0.4 is 5.73 Å². The van der Waals surface area contributed by atoms with E-state index in [0.717, 1.165) is 32.5 Å². The highest BCUT2D eigenvalue weighted by Gasteiger charge is 2.07. The molecule has 0 spiro atoms. The highest BCUT2D eigenvalue weighted by molar-refractivity contribution is 9.10. The van der Waals surface area contributed by atoms with Gasteiger partial charge in [-0.15, -0.1) is 0 Å². The molecule has 0 aliphatic heterocycles. The minimum absolute atomic E-state index is 0.221. The number of hydrogen-bond donors (Lipinski definition) is 1. The van der Waals surface area contributed by atoms with Gasteiger partial charge in [0.2, 0.25) is 0 Å². The van der Waals surface area contributed by atoms with E-state index in [1.54, 1.807) is 12.1 Å². The summed E-state index contributed by atoms with van der Waals surface area (Å²) < 4.78 is 16.2. The van der Waals surface area contributed by atoms with Crippen LogP contribution in [0.15, 0.2) is 59.2 Å². The first-order valence-electron chi connectivity index (χ1n) is 6.99. The molecule has 0 amide bonds. The molecule has 1 aromatic heterocycles. The van der Waals surface area contributed by atoms with Crippen molar-refractivity contribution < 1.29 is 4.39 Å². The van der Waals surface area contributed by atoms with Gasteiger partial charge in [0.05, 0.1) is 0 Å². The lowest BCUT2D eigenvalue weighted by atomic mass is 10.1. The van der Waals surface area contributed by atoms with Gasteiger partial charge in [-0.05, 0) is 60.0 Å². The van der Waals surface area contributed by atoms with Crippen molar-refractivity contribution in [1.82, 2.24) is 4.57 Å². The Hall–Kier alpha value is -2.07. The third-order valence-electron chi connectivity index (χ3n) is 3.74. The van der Waals surface area contributed by atoms with E-state index in [2.05, 4.69) is 39.7 Å². The van der Waals surface area contributed by atoms with Crippen molar-refractivity contribution in [2.24, 2.45) is 0 Å². The fourth-order valence-electron chi connectivity index (χ4n) is 2.48. The van der Waals surface area contributed by atoms with Crippen LogP contribution >= 0.6 is 15.9 Å². The molecule has 2 aromatic carbocycles. The average molecular weight is 359 g/mol. The molecule has 3 aromatic rings. The van der Waals surface area contributed by atoms with Crippen molar-refractivity contribution in [2.45, 2.75) is 13.5 Å². The fourth-order valence-corrected chi connectivity index (χ4v) is 2.89. The van der Waals surface area contributed by atoms with E-state index >= 15 is 0 Å². The molecule has 2 nitrogen and oxygen atoms in total. The molecular weight excluding hydrogens is 343 g/mol. The lowest BCUT2D eigenvalue weighted by molar-refractivity contribution is 0.628. The van der Waals surface area contributed by atoms with E-state index in [4.69, 9.17) is 5.73 Å². The standard InChI is InChI=1S/C18H16BrFN2/c1-12-8-14(13-2-5-17(20)6-3-13)10-22(12)11-15-9-16(19)4-7-18(15)21/h2-10H,11,21H2,1H3. The molecule has 0 atom stereocenters. The monoisotopic (exact) mass is 358 g/mol. The van der Waals surface area contributed by atoms with E-state index in [-0.39, 0.29) is 5.82 Å². The summed E-state index contributed by atoms with van der Waals surface area (Å²) in [5.74, 6) is -0.221. The predicted molar refractivity (Wildman–Crippen MR) is 92.2 cm³/mol. The molecule has 0 radical (unpaired) electrons. The molecule has 4 heteroatoms. The lowest BCUT2D eigenvalue weighted by Gasteiger charge is -2.09. The Kier molecular flexibility index (Phi) is 4.03. The third-order valence-corrected chi connectivity index (χ3v) is 4.23. The Labute approximate surface area is 137 Å². The number of nitrogen functional groups attached to an aromatic ring is 1. The van der Waals surface area contributed by atoms with Crippen molar-refractivity contribution in [1.29, 1.82) is 0 Å². The Morgan fingerprint density at radius 1 is 1.05 bits per heavy atom. The highest BCUT2D eigenvalue weighted by Crippen LogP contribution is 2.25. The molecule has 0 fully saturated rings. The van der Waals surface area contributed by atoms with Gasteiger partial charge in [-0.25, -0.2) is 4.39 Å². The number of rotatable bonds is 3. The van der Waals surface area contributed by atoms with Gasteiger partial charge in [-0.3, -0.25) is 0 Å². The summed E-state index contributed by atoms with van der Waals surface area (Å²) in [6.45, 7) is 2.76. The molecule has 0 bridgehead atoms. The van der Waals surface area contributed by atoms with E-state index < -0.39 is 0 Å². The number of nitrogens with zero attached hydrogens (tertiary/aromatic N) is 1. The number of aryl methyl sites for hydroxylation is 1. The number of nitrogens with two attached hydrogens (primary N) is 1. The molecule has 0 aliphatic rings. The van der Waals surface area contributed by atoms with Crippen LogP contribution in [0.2, 0.25) is 0 Å². The van der Waals surface area contributed by atoms with Crippen LogP contribution in [0.3, 0.4) is 0 Å². The SMILES string of the molecule is Cc1cc(-c2ccc(F)cc2)cn1Cc1cc(Br)ccc1N. The molecule has 1 heterocycles. The number of halogens is 2. The van der Waals surface area contributed by atoms with Gasteiger partial charge < -0.3 is 10.3 Å². The summed E-state index contributed by atoms with van der Waals surface area (Å²) in [5, 5.41) is 0. The Balaban J connectivity index is 1.92. The van der Waals surface area contributed by atoms with E-state index in [1.165, 1.54) is 12.1 Å². The molecule has 2 N–H and O–H groups in total.